The molecular formula is C20H20ClF2N3O5S. The van der Waals surface area contributed by atoms with Crippen molar-refractivity contribution in [2.45, 2.75) is 4.90 Å². The van der Waals surface area contributed by atoms with Gasteiger partial charge in [-0.1, -0.05) is 11.6 Å². The highest BCUT2D eigenvalue weighted by Gasteiger charge is 2.29. The fourth-order valence-corrected chi connectivity index (χ4v) is 4.97. The summed E-state index contributed by atoms with van der Waals surface area (Å²) in [6, 6.07) is 6.41. The summed E-state index contributed by atoms with van der Waals surface area (Å²) in [7, 11) is -2.65. The Morgan fingerprint density at radius 2 is 1.84 bits per heavy atom. The van der Waals surface area contributed by atoms with Crippen molar-refractivity contribution in [3.8, 4) is 0 Å². The van der Waals surface area contributed by atoms with Crippen LogP contribution < -0.4 is 5.32 Å². The monoisotopic (exact) mass is 487 g/mol. The summed E-state index contributed by atoms with van der Waals surface area (Å²) < 4.78 is 59.3. The van der Waals surface area contributed by atoms with Crippen molar-refractivity contribution in [2.75, 3.05) is 45.2 Å². The highest BCUT2D eigenvalue weighted by atomic mass is 35.5. The van der Waals surface area contributed by atoms with Gasteiger partial charge in [0.1, 0.15) is 16.5 Å². The summed E-state index contributed by atoms with van der Waals surface area (Å²) in [5.74, 6) is -3.26. The molecule has 0 atom stereocenters. The fourth-order valence-electron chi connectivity index (χ4n) is 3.06. The van der Waals surface area contributed by atoms with Crippen LogP contribution in [0, 0.1) is 11.6 Å². The zero-order valence-electron chi connectivity index (χ0n) is 17.0. The van der Waals surface area contributed by atoms with E-state index in [2.05, 4.69) is 5.32 Å². The number of likely N-dealkylation sites (N-methyl/N-ethyl adjacent to an activating group) is 1. The molecule has 2 aromatic carbocycles. The molecule has 0 spiro atoms. The second-order valence-electron chi connectivity index (χ2n) is 7.00. The molecule has 0 saturated carbocycles. The molecule has 3 rings (SSSR count). The zero-order valence-corrected chi connectivity index (χ0v) is 18.5. The Hall–Kier alpha value is -2.60. The summed E-state index contributed by atoms with van der Waals surface area (Å²) in [6.07, 6.45) is 0. The number of nitrogens with one attached hydrogen (secondary N) is 1. The van der Waals surface area contributed by atoms with Crippen molar-refractivity contribution < 1.29 is 31.5 Å². The number of halogens is 3. The minimum atomic E-state index is -3.90. The average molecular weight is 488 g/mol. The van der Waals surface area contributed by atoms with E-state index >= 15 is 0 Å². The first-order valence-corrected chi connectivity index (χ1v) is 11.3. The lowest BCUT2D eigenvalue weighted by Gasteiger charge is -2.26. The number of rotatable bonds is 6. The van der Waals surface area contributed by atoms with Crippen LogP contribution in [0.3, 0.4) is 0 Å². The van der Waals surface area contributed by atoms with Crippen LogP contribution in [0.2, 0.25) is 5.02 Å². The minimum absolute atomic E-state index is 0.0108. The van der Waals surface area contributed by atoms with Gasteiger partial charge in [0.2, 0.25) is 15.9 Å². The lowest BCUT2D eigenvalue weighted by Crippen LogP contribution is -2.40. The molecule has 0 aromatic heterocycles. The van der Waals surface area contributed by atoms with Gasteiger partial charge >= 0.3 is 0 Å². The first-order valence-electron chi connectivity index (χ1n) is 9.47. The van der Waals surface area contributed by atoms with Crippen LogP contribution in [-0.2, 0) is 19.6 Å². The molecule has 0 bridgehead atoms. The molecule has 2 aromatic rings. The molecule has 1 fully saturated rings. The summed E-state index contributed by atoms with van der Waals surface area (Å²) >= 11 is 6.09. The largest absolute Gasteiger partial charge is 0.379 e. The molecule has 1 aliphatic heterocycles. The predicted molar refractivity (Wildman–Crippen MR) is 113 cm³/mol. The standard InChI is InChI=1S/C20H20ClF2N3O5S/c1-25(20(28)15-10-13(22)2-5-17(15)23)12-19(27)24-14-3-4-16(21)18(11-14)32(29,30)26-6-8-31-9-7-26/h2-5,10-11H,6-9,12H2,1H3,(H,24,27). The van der Waals surface area contributed by atoms with E-state index < -0.39 is 45.6 Å². The lowest BCUT2D eigenvalue weighted by atomic mass is 10.2. The summed E-state index contributed by atoms with van der Waals surface area (Å²) in [5.41, 5.74) is -0.366. The first-order chi connectivity index (χ1) is 15.1. The van der Waals surface area contributed by atoms with Gasteiger partial charge in [0.15, 0.2) is 0 Å². The maximum Gasteiger partial charge on any atom is 0.257 e. The van der Waals surface area contributed by atoms with Crippen LogP contribution in [-0.4, -0.2) is 69.3 Å². The van der Waals surface area contributed by atoms with Gasteiger partial charge in [0.25, 0.3) is 5.91 Å². The molecule has 32 heavy (non-hydrogen) atoms. The number of hydrogen-bond acceptors (Lipinski definition) is 5. The molecule has 1 heterocycles. The quantitative estimate of drug-likeness (QED) is 0.674. The highest BCUT2D eigenvalue weighted by molar-refractivity contribution is 7.89. The number of amides is 2. The normalized spacial score (nSPS) is 14.8. The van der Waals surface area contributed by atoms with Gasteiger partial charge in [-0.25, -0.2) is 17.2 Å². The van der Waals surface area contributed by atoms with Crippen molar-refractivity contribution in [3.63, 3.8) is 0 Å². The summed E-state index contributed by atoms with van der Waals surface area (Å²) in [4.78, 5) is 25.4. The van der Waals surface area contributed by atoms with Crippen molar-refractivity contribution in [1.29, 1.82) is 0 Å². The number of carbonyl (C=O) groups is 2. The molecule has 1 saturated heterocycles. The predicted octanol–water partition coefficient (Wildman–Crippen LogP) is 2.35. The van der Waals surface area contributed by atoms with Crippen LogP contribution >= 0.6 is 11.6 Å². The van der Waals surface area contributed by atoms with Crippen LogP contribution in [0.25, 0.3) is 0 Å². The third kappa shape index (κ3) is 5.41. The molecular weight excluding hydrogens is 468 g/mol. The topological polar surface area (TPSA) is 96.0 Å². The third-order valence-corrected chi connectivity index (χ3v) is 7.07. The first kappa shape index (κ1) is 24.1. The van der Waals surface area contributed by atoms with E-state index in [1.807, 2.05) is 0 Å². The van der Waals surface area contributed by atoms with Gasteiger partial charge in [-0.3, -0.25) is 9.59 Å². The molecule has 0 aliphatic carbocycles. The second-order valence-corrected chi connectivity index (χ2v) is 9.31. The van der Waals surface area contributed by atoms with Gasteiger partial charge in [0, 0.05) is 25.8 Å². The van der Waals surface area contributed by atoms with E-state index in [1.165, 1.54) is 29.6 Å². The molecule has 12 heteroatoms. The second kappa shape index (κ2) is 9.90. The molecule has 1 N–H and O–H groups in total. The molecule has 1 aliphatic rings. The summed E-state index contributed by atoms with van der Waals surface area (Å²) in [5, 5.41) is 2.47. The van der Waals surface area contributed by atoms with Gasteiger partial charge in [-0.15, -0.1) is 0 Å². The maximum atomic E-state index is 13.8. The van der Waals surface area contributed by atoms with Gasteiger partial charge in [0.05, 0.1) is 30.3 Å². The maximum absolute atomic E-state index is 13.8. The number of ether oxygens (including phenoxy) is 1. The Bertz CT molecular complexity index is 1140. The lowest BCUT2D eigenvalue weighted by molar-refractivity contribution is -0.116. The molecule has 0 unspecified atom stereocenters. The van der Waals surface area contributed by atoms with Crippen LogP contribution in [0.15, 0.2) is 41.3 Å². The SMILES string of the molecule is CN(CC(=O)Nc1ccc(Cl)c(S(=O)(=O)N2CCOCC2)c1)C(=O)c1cc(F)ccc1F. The number of anilines is 1. The molecule has 0 radical (unpaired) electrons. The number of hydrogen-bond donors (Lipinski definition) is 1. The minimum Gasteiger partial charge on any atom is -0.379 e. The number of benzene rings is 2. The van der Waals surface area contributed by atoms with Gasteiger partial charge in [-0.05, 0) is 36.4 Å². The van der Waals surface area contributed by atoms with Crippen LogP contribution in [0.5, 0.6) is 0 Å². The Kier molecular flexibility index (Phi) is 7.44. The van der Waals surface area contributed by atoms with E-state index in [4.69, 9.17) is 16.3 Å². The number of carbonyl (C=O) groups excluding carboxylic acids is 2. The third-order valence-electron chi connectivity index (χ3n) is 4.69. The van der Waals surface area contributed by atoms with E-state index in [-0.39, 0.29) is 41.9 Å². The molecule has 8 nitrogen and oxygen atoms in total. The Balaban J connectivity index is 1.72. The average Bonchev–Trinajstić information content (AvgIpc) is 2.76. The van der Waals surface area contributed by atoms with Crippen molar-refractivity contribution >= 4 is 39.1 Å². The highest BCUT2D eigenvalue weighted by Crippen LogP contribution is 2.28. The van der Waals surface area contributed by atoms with Crippen molar-refractivity contribution in [1.82, 2.24) is 9.21 Å². The van der Waals surface area contributed by atoms with Gasteiger partial charge in [-0.2, -0.15) is 4.31 Å². The zero-order chi connectivity index (χ0) is 23.5. The Labute approximate surface area is 188 Å². The van der Waals surface area contributed by atoms with Crippen molar-refractivity contribution in [2.24, 2.45) is 0 Å². The number of sulfonamides is 1. The smallest absolute Gasteiger partial charge is 0.257 e. The molecule has 172 valence electrons. The fraction of sp³-hybridized carbons (Fsp3) is 0.300. The number of morpholine rings is 1. The van der Waals surface area contributed by atoms with Crippen LogP contribution in [0.1, 0.15) is 10.4 Å². The number of nitrogens with zero attached hydrogens (tertiary/aromatic N) is 2. The Morgan fingerprint density at radius 1 is 1.16 bits per heavy atom. The van der Waals surface area contributed by atoms with E-state index in [0.29, 0.717) is 0 Å². The Morgan fingerprint density at radius 3 is 2.53 bits per heavy atom. The van der Waals surface area contributed by atoms with E-state index in [1.54, 1.807) is 0 Å². The van der Waals surface area contributed by atoms with E-state index in [9.17, 15) is 26.8 Å². The van der Waals surface area contributed by atoms with E-state index in [0.717, 1.165) is 23.1 Å². The van der Waals surface area contributed by atoms with Crippen LogP contribution in [0.4, 0.5) is 14.5 Å². The van der Waals surface area contributed by atoms with Crippen molar-refractivity contribution in [3.05, 3.63) is 58.6 Å². The summed E-state index contributed by atoms with van der Waals surface area (Å²) in [6.45, 7) is 0.402. The van der Waals surface area contributed by atoms with Gasteiger partial charge < -0.3 is 15.0 Å². The molecule has 2 amide bonds.